The van der Waals surface area contributed by atoms with Crippen LogP contribution < -0.4 is 10.5 Å². The Balaban J connectivity index is 3.04. The standard InChI is InChI=1S/C10H15NO2S/c1-13-10-5-7(14-2)3-4-8(10)9(12)6-11/h3-5,9,12H,6,11H2,1-2H3. The predicted molar refractivity (Wildman–Crippen MR) is 58.8 cm³/mol. The molecular formula is C10H15NO2S. The van der Waals surface area contributed by atoms with Gasteiger partial charge in [0.15, 0.2) is 0 Å². The summed E-state index contributed by atoms with van der Waals surface area (Å²) in [6, 6.07) is 5.70. The van der Waals surface area contributed by atoms with Gasteiger partial charge in [-0.15, -0.1) is 11.8 Å². The van der Waals surface area contributed by atoms with Gasteiger partial charge in [0.2, 0.25) is 0 Å². The molecular weight excluding hydrogens is 198 g/mol. The number of ether oxygens (including phenoxy) is 1. The summed E-state index contributed by atoms with van der Waals surface area (Å²) >= 11 is 1.63. The van der Waals surface area contributed by atoms with E-state index in [0.29, 0.717) is 5.75 Å². The highest BCUT2D eigenvalue weighted by molar-refractivity contribution is 7.98. The van der Waals surface area contributed by atoms with Crippen LogP contribution in [0.1, 0.15) is 11.7 Å². The molecule has 0 heterocycles. The number of rotatable bonds is 4. The molecule has 0 fully saturated rings. The SMILES string of the molecule is COc1cc(SC)ccc1C(O)CN. The zero-order chi connectivity index (χ0) is 10.6. The van der Waals surface area contributed by atoms with Crippen LogP contribution >= 0.6 is 11.8 Å². The second-order valence-electron chi connectivity index (χ2n) is 2.86. The molecule has 0 aromatic heterocycles. The molecule has 0 saturated carbocycles. The minimum Gasteiger partial charge on any atom is -0.496 e. The van der Waals surface area contributed by atoms with E-state index in [1.54, 1.807) is 18.9 Å². The number of hydrogen-bond donors (Lipinski definition) is 2. The first-order chi connectivity index (χ1) is 6.72. The van der Waals surface area contributed by atoms with Crippen molar-refractivity contribution in [3.63, 3.8) is 0 Å². The maximum absolute atomic E-state index is 9.59. The third-order valence-electron chi connectivity index (χ3n) is 2.02. The average Bonchev–Trinajstić information content (AvgIpc) is 2.27. The van der Waals surface area contributed by atoms with E-state index >= 15 is 0 Å². The van der Waals surface area contributed by atoms with Crippen molar-refractivity contribution < 1.29 is 9.84 Å². The maximum Gasteiger partial charge on any atom is 0.125 e. The Morgan fingerprint density at radius 2 is 2.29 bits per heavy atom. The second kappa shape index (κ2) is 5.24. The van der Waals surface area contributed by atoms with Gasteiger partial charge in [-0.2, -0.15) is 0 Å². The first kappa shape index (κ1) is 11.4. The Kier molecular flexibility index (Phi) is 4.25. The number of aliphatic hydroxyl groups is 1. The van der Waals surface area contributed by atoms with E-state index in [4.69, 9.17) is 10.5 Å². The lowest BCUT2D eigenvalue weighted by Crippen LogP contribution is -2.12. The lowest BCUT2D eigenvalue weighted by Gasteiger charge is -2.13. The summed E-state index contributed by atoms with van der Waals surface area (Å²) in [5, 5.41) is 9.59. The van der Waals surface area contributed by atoms with Gasteiger partial charge < -0.3 is 15.6 Å². The quantitative estimate of drug-likeness (QED) is 0.742. The predicted octanol–water partition coefficient (Wildman–Crippen LogP) is 1.41. The third-order valence-corrected chi connectivity index (χ3v) is 2.75. The first-order valence-corrected chi connectivity index (χ1v) is 5.55. The molecule has 0 aliphatic rings. The van der Waals surface area contributed by atoms with E-state index in [9.17, 15) is 5.11 Å². The molecule has 3 N–H and O–H groups in total. The molecule has 0 bridgehead atoms. The van der Waals surface area contributed by atoms with Crippen LogP contribution in [0.2, 0.25) is 0 Å². The van der Waals surface area contributed by atoms with E-state index < -0.39 is 6.10 Å². The van der Waals surface area contributed by atoms with Crippen molar-refractivity contribution in [2.24, 2.45) is 5.73 Å². The fourth-order valence-corrected chi connectivity index (χ4v) is 1.65. The maximum atomic E-state index is 9.59. The minimum absolute atomic E-state index is 0.203. The summed E-state index contributed by atoms with van der Waals surface area (Å²) in [5.41, 5.74) is 6.13. The zero-order valence-corrected chi connectivity index (χ0v) is 9.17. The van der Waals surface area contributed by atoms with Gasteiger partial charge in [0, 0.05) is 17.0 Å². The van der Waals surface area contributed by atoms with Gasteiger partial charge in [-0.25, -0.2) is 0 Å². The summed E-state index contributed by atoms with van der Waals surface area (Å²) in [5.74, 6) is 0.690. The molecule has 1 rings (SSSR count). The van der Waals surface area contributed by atoms with E-state index in [-0.39, 0.29) is 6.54 Å². The Morgan fingerprint density at radius 1 is 1.57 bits per heavy atom. The summed E-state index contributed by atoms with van der Waals surface area (Å²) in [4.78, 5) is 1.11. The number of nitrogens with two attached hydrogens (primary N) is 1. The molecule has 0 saturated heterocycles. The third kappa shape index (κ3) is 2.41. The Hall–Kier alpha value is -0.710. The first-order valence-electron chi connectivity index (χ1n) is 4.33. The van der Waals surface area contributed by atoms with E-state index in [0.717, 1.165) is 10.5 Å². The average molecular weight is 213 g/mol. The van der Waals surface area contributed by atoms with Crippen LogP contribution in [0.4, 0.5) is 0 Å². The van der Waals surface area contributed by atoms with Crippen molar-refractivity contribution in [2.45, 2.75) is 11.0 Å². The zero-order valence-electron chi connectivity index (χ0n) is 8.36. The van der Waals surface area contributed by atoms with Gasteiger partial charge in [-0.05, 0) is 18.4 Å². The van der Waals surface area contributed by atoms with E-state index in [2.05, 4.69) is 0 Å². The highest BCUT2D eigenvalue weighted by atomic mass is 32.2. The van der Waals surface area contributed by atoms with Gasteiger partial charge >= 0.3 is 0 Å². The topological polar surface area (TPSA) is 55.5 Å². The Bertz CT molecular complexity index is 304. The van der Waals surface area contributed by atoms with Crippen molar-refractivity contribution in [3.05, 3.63) is 23.8 Å². The number of thioether (sulfide) groups is 1. The fourth-order valence-electron chi connectivity index (χ4n) is 1.22. The molecule has 0 aliphatic heterocycles. The van der Waals surface area contributed by atoms with Gasteiger partial charge in [-0.1, -0.05) is 6.07 Å². The lowest BCUT2D eigenvalue weighted by molar-refractivity contribution is 0.182. The number of methoxy groups -OCH3 is 1. The van der Waals surface area contributed by atoms with Crippen molar-refractivity contribution in [1.82, 2.24) is 0 Å². The number of aliphatic hydroxyl groups excluding tert-OH is 1. The normalized spacial score (nSPS) is 12.6. The highest BCUT2D eigenvalue weighted by Crippen LogP contribution is 2.29. The van der Waals surface area contributed by atoms with Gasteiger partial charge in [0.1, 0.15) is 5.75 Å². The fraction of sp³-hybridized carbons (Fsp3) is 0.400. The van der Waals surface area contributed by atoms with Crippen molar-refractivity contribution in [3.8, 4) is 5.75 Å². The van der Waals surface area contributed by atoms with Crippen LogP contribution in [0.15, 0.2) is 23.1 Å². The lowest BCUT2D eigenvalue weighted by atomic mass is 10.1. The van der Waals surface area contributed by atoms with Crippen LogP contribution in [-0.4, -0.2) is 25.0 Å². The summed E-state index contributed by atoms with van der Waals surface area (Å²) < 4.78 is 5.18. The molecule has 0 amide bonds. The molecule has 1 aromatic rings. The van der Waals surface area contributed by atoms with Crippen LogP contribution in [-0.2, 0) is 0 Å². The van der Waals surface area contributed by atoms with Crippen molar-refractivity contribution >= 4 is 11.8 Å². The molecule has 0 aliphatic carbocycles. The van der Waals surface area contributed by atoms with Gasteiger partial charge in [0.25, 0.3) is 0 Å². The van der Waals surface area contributed by atoms with Crippen molar-refractivity contribution in [2.75, 3.05) is 19.9 Å². The minimum atomic E-state index is -0.652. The van der Waals surface area contributed by atoms with Crippen LogP contribution in [0.3, 0.4) is 0 Å². The van der Waals surface area contributed by atoms with Crippen LogP contribution in [0.25, 0.3) is 0 Å². The molecule has 3 nitrogen and oxygen atoms in total. The van der Waals surface area contributed by atoms with Gasteiger partial charge in [0.05, 0.1) is 13.2 Å². The monoisotopic (exact) mass is 213 g/mol. The molecule has 0 spiro atoms. The van der Waals surface area contributed by atoms with E-state index in [1.807, 2.05) is 24.5 Å². The second-order valence-corrected chi connectivity index (χ2v) is 3.74. The molecule has 0 radical (unpaired) electrons. The Labute approximate surface area is 88.3 Å². The Morgan fingerprint density at radius 3 is 2.79 bits per heavy atom. The largest absolute Gasteiger partial charge is 0.496 e. The van der Waals surface area contributed by atoms with E-state index in [1.165, 1.54) is 0 Å². The molecule has 4 heteroatoms. The molecule has 1 unspecified atom stereocenters. The smallest absolute Gasteiger partial charge is 0.125 e. The summed E-state index contributed by atoms with van der Waals surface area (Å²) in [6.07, 6.45) is 1.34. The number of hydrogen-bond acceptors (Lipinski definition) is 4. The van der Waals surface area contributed by atoms with Gasteiger partial charge in [-0.3, -0.25) is 0 Å². The molecule has 1 atom stereocenters. The molecule has 14 heavy (non-hydrogen) atoms. The number of benzene rings is 1. The van der Waals surface area contributed by atoms with Crippen molar-refractivity contribution in [1.29, 1.82) is 0 Å². The summed E-state index contributed by atoms with van der Waals surface area (Å²) in [7, 11) is 1.59. The molecule has 1 aromatic carbocycles. The summed E-state index contributed by atoms with van der Waals surface area (Å²) in [6.45, 7) is 0.203. The molecule has 78 valence electrons. The van der Waals surface area contributed by atoms with Crippen LogP contribution in [0.5, 0.6) is 5.75 Å². The highest BCUT2D eigenvalue weighted by Gasteiger charge is 2.11. The van der Waals surface area contributed by atoms with Crippen LogP contribution in [0, 0.1) is 0 Å².